The van der Waals surface area contributed by atoms with Crippen LogP contribution >= 0.6 is 0 Å². The number of amides is 2. The third-order valence-electron chi connectivity index (χ3n) is 1.96. The predicted molar refractivity (Wildman–Crippen MR) is 68.1 cm³/mol. The lowest BCUT2D eigenvalue weighted by Crippen LogP contribution is -2.48. The van der Waals surface area contributed by atoms with Crippen LogP contribution in [0.25, 0.3) is 0 Å². The Morgan fingerprint density at radius 2 is 1.94 bits per heavy atom. The van der Waals surface area contributed by atoms with E-state index in [1.165, 1.54) is 0 Å². The second-order valence-electron chi connectivity index (χ2n) is 5.03. The van der Waals surface area contributed by atoms with E-state index in [1.54, 1.807) is 20.8 Å². The molecule has 106 valence electrons. The molecule has 1 unspecified atom stereocenters. The van der Waals surface area contributed by atoms with Crippen LogP contribution in [0.5, 0.6) is 0 Å². The lowest BCUT2D eigenvalue weighted by molar-refractivity contribution is -0.121. The Bertz CT molecular complexity index is 274. The number of hydrogen-bond donors (Lipinski definition) is 2. The van der Waals surface area contributed by atoms with Crippen LogP contribution in [0.15, 0.2) is 0 Å². The van der Waals surface area contributed by atoms with Crippen LogP contribution in [0.3, 0.4) is 0 Å². The van der Waals surface area contributed by atoms with Gasteiger partial charge in [-0.05, 0) is 27.2 Å². The Morgan fingerprint density at radius 3 is 2.39 bits per heavy atom. The minimum atomic E-state index is -0.864. The molecule has 6 heteroatoms. The largest absolute Gasteiger partial charge is 0.444 e. The highest BCUT2D eigenvalue weighted by atomic mass is 16.6. The summed E-state index contributed by atoms with van der Waals surface area (Å²) >= 11 is 0. The van der Waals surface area contributed by atoms with Crippen LogP contribution in [0.2, 0.25) is 0 Å². The van der Waals surface area contributed by atoms with Gasteiger partial charge in [-0.3, -0.25) is 4.79 Å². The number of alkyl carbamates (subject to hydrolysis) is 1. The lowest BCUT2D eigenvalue weighted by atomic mass is 10.2. The van der Waals surface area contributed by atoms with Crippen molar-refractivity contribution in [2.75, 3.05) is 13.2 Å². The number of rotatable bonds is 7. The molecule has 0 rings (SSSR count). The molecule has 0 saturated carbocycles. The summed E-state index contributed by atoms with van der Waals surface area (Å²) in [6, 6.07) is -0.864. The van der Waals surface area contributed by atoms with Crippen LogP contribution in [-0.4, -0.2) is 36.9 Å². The number of ether oxygens (including phenoxy) is 2. The molecule has 0 aliphatic rings. The van der Waals surface area contributed by atoms with Crippen LogP contribution in [-0.2, 0) is 14.3 Å². The van der Waals surface area contributed by atoms with Gasteiger partial charge in [0.05, 0.1) is 6.61 Å². The molecule has 0 fully saturated rings. The van der Waals surface area contributed by atoms with Gasteiger partial charge >= 0.3 is 6.09 Å². The van der Waals surface area contributed by atoms with Crippen LogP contribution < -0.4 is 11.1 Å². The number of carbonyl (C=O) groups is 2. The fraction of sp³-hybridized carbons (Fsp3) is 0.833. The maximum absolute atomic E-state index is 11.5. The van der Waals surface area contributed by atoms with Gasteiger partial charge in [-0.2, -0.15) is 0 Å². The molecule has 0 aromatic rings. The molecular weight excluding hydrogens is 236 g/mol. The first-order valence-corrected chi connectivity index (χ1v) is 6.13. The summed E-state index contributed by atoms with van der Waals surface area (Å²) < 4.78 is 10.3. The minimum Gasteiger partial charge on any atom is -0.444 e. The van der Waals surface area contributed by atoms with Gasteiger partial charge in [-0.25, -0.2) is 4.79 Å². The van der Waals surface area contributed by atoms with Crippen molar-refractivity contribution in [1.82, 2.24) is 5.32 Å². The van der Waals surface area contributed by atoms with E-state index < -0.39 is 23.6 Å². The average Bonchev–Trinajstić information content (AvgIpc) is 2.19. The van der Waals surface area contributed by atoms with E-state index in [9.17, 15) is 9.59 Å². The number of nitrogens with one attached hydrogen (secondary N) is 1. The number of hydrogen-bond acceptors (Lipinski definition) is 4. The predicted octanol–water partition coefficient (Wildman–Crippen LogP) is 1.18. The number of carbonyl (C=O) groups excluding carboxylic acids is 2. The monoisotopic (exact) mass is 260 g/mol. The quantitative estimate of drug-likeness (QED) is 0.672. The first-order valence-electron chi connectivity index (χ1n) is 6.13. The molecule has 0 saturated heterocycles. The molecule has 6 nitrogen and oxygen atoms in total. The number of primary amides is 1. The van der Waals surface area contributed by atoms with E-state index in [0.717, 1.165) is 12.8 Å². The van der Waals surface area contributed by atoms with Crippen molar-refractivity contribution < 1.29 is 19.1 Å². The highest BCUT2D eigenvalue weighted by Crippen LogP contribution is 2.06. The molecule has 0 spiro atoms. The summed E-state index contributed by atoms with van der Waals surface area (Å²) in [5.74, 6) is -0.641. The number of nitrogens with two attached hydrogens (primary N) is 1. The van der Waals surface area contributed by atoms with Gasteiger partial charge in [0.1, 0.15) is 11.6 Å². The van der Waals surface area contributed by atoms with Crippen molar-refractivity contribution in [3.63, 3.8) is 0 Å². The van der Waals surface area contributed by atoms with Gasteiger partial charge in [0.25, 0.3) is 0 Å². The van der Waals surface area contributed by atoms with Gasteiger partial charge in [-0.15, -0.1) is 0 Å². The summed E-state index contributed by atoms with van der Waals surface area (Å²) in [4.78, 5) is 22.6. The normalized spacial score (nSPS) is 12.9. The van der Waals surface area contributed by atoms with Gasteiger partial charge in [0.15, 0.2) is 0 Å². The Hall–Kier alpha value is -1.30. The number of unbranched alkanes of at least 4 members (excludes halogenated alkanes) is 1. The van der Waals surface area contributed by atoms with Crippen molar-refractivity contribution in [3.8, 4) is 0 Å². The fourth-order valence-electron chi connectivity index (χ4n) is 1.09. The third-order valence-corrected chi connectivity index (χ3v) is 1.96. The molecule has 0 aromatic heterocycles. The summed E-state index contributed by atoms with van der Waals surface area (Å²) in [7, 11) is 0. The zero-order valence-electron chi connectivity index (χ0n) is 11.6. The van der Waals surface area contributed by atoms with Crippen molar-refractivity contribution >= 4 is 12.0 Å². The maximum atomic E-state index is 11.5. The highest BCUT2D eigenvalue weighted by molar-refractivity contribution is 5.84. The van der Waals surface area contributed by atoms with Crippen LogP contribution in [0, 0.1) is 0 Å². The molecule has 1 atom stereocenters. The third kappa shape index (κ3) is 8.81. The first-order chi connectivity index (χ1) is 8.26. The SMILES string of the molecule is CCCCOCC(NC(=O)OC(C)(C)C)C(N)=O. The summed E-state index contributed by atoms with van der Waals surface area (Å²) in [5, 5.41) is 2.39. The van der Waals surface area contributed by atoms with E-state index in [0.29, 0.717) is 6.61 Å². The van der Waals surface area contributed by atoms with Crippen molar-refractivity contribution in [3.05, 3.63) is 0 Å². The fourth-order valence-corrected chi connectivity index (χ4v) is 1.09. The van der Waals surface area contributed by atoms with E-state index in [1.807, 2.05) is 6.92 Å². The van der Waals surface area contributed by atoms with E-state index in [4.69, 9.17) is 15.2 Å². The highest BCUT2D eigenvalue weighted by Gasteiger charge is 2.22. The Kier molecular flexibility index (Phi) is 7.35. The molecule has 0 aliphatic carbocycles. The van der Waals surface area contributed by atoms with Gasteiger partial charge in [0.2, 0.25) is 5.91 Å². The molecule has 0 aliphatic heterocycles. The molecule has 0 aromatic carbocycles. The molecule has 0 bridgehead atoms. The second kappa shape index (κ2) is 7.92. The van der Waals surface area contributed by atoms with Crippen LogP contribution in [0.1, 0.15) is 40.5 Å². The van der Waals surface area contributed by atoms with Crippen molar-refractivity contribution in [1.29, 1.82) is 0 Å². The Morgan fingerprint density at radius 1 is 1.33 bits per heavy atom. The van der Waals surface area contributed by atoms with E-state index in [2.05, 4.69) is 5.32 Å². The summed E-state index contributed by atoms with van der Waals surface area (Å²) in [6.07, 6.45) is 1.23. The van der Waals surface area contributed by atoms with Gasteiger partial charge in [0, 0.05) is 6.61 Å². The van der Waals surface area contributed by atoms with E-state index >= 15 is 0 Å². The maximum Gasteiger partial charge on any atom is 0.408 e. The summed E-state index contributed by atoms with van der Waals surface area (Å²) in [6.45, 7) is 7.86. The Balaban J connectivity index is 4.11. The molecular formula is C12H24N2O4. The smallest absolute Gasteiger partial charge is 0.408 e. The van der Waals surface area contributed by atoms with Crippen LogP contribution in [0.4, 0.5) is 4.79 Å². The van der Waals surface area contributed by atoms with Crippen molar-refractivity contribution in [2.24, 2.45) is 5.73 Å². The average molecular weight is 260 g/mol. The zero-order valence-corrected chi connectivity index (χ0v) is 11.6. The molecule has 18 heavy (non-hydrogen) atoms. The molecule has 2 amide bonds. The van der Waals surface area contributed by atoms with Gasteiger partial charge in [-0.1, -0.05) is 13.3 Å². The first kappa shape index (κ1) is 16.7. The molecule has 3 N–H and O–H groups in total. The topological polar surface area (TPSA) is 90.7 Å². The molecule has 0 heterocycles. The van der Waals surface area contributed by atoms with E-state index in [-0.39, 0.29) is 6.61 Å². The lowest BCUT2D eigenvalue weighted by Gasteiger charge is -2.22. The second-order valence-corrected chi connectivity index (χ2v) is 5.03. The minimum absolute atomic E-state index is 0.0641. The van der Waals surface area contributed by atoms with Crippen molar-refractivity contribution in [2.45, 2.75) is 52.2 Å². The molecule has 0 radical (unpaired) electrons. The standard InChI is InChI=1S/C12H24N2O4/c1-5-6-7-17-8-9(10(13)15)14-11(16)18-12(2,3)4/h9H,5-8H2,1-4H3,(H2,13,15)(H,14,16). The Labute approximate surface area is 108 Å². The van der Waals surface area contributed by atoms with Gasteiger partial charge < -0.3 is 20.5 Å². The summed E-state index contributed by atoms with van der Waals surface area (Å²) in [5.41, 5.74) is 4.56. The zero-order chi connectivity index (χ0) is 14.2.